The lowest BCUT2D eigenvalue weighted by Crippen LogP contribution is -2.10. The molecule has 0 N–H and O–H groups in total. The van der Waals surface area contributed by atoms with Gasteiger partial charge in [0.2, 0.25) is 0 Å². The number of carbonyl (C=O) groups excluding carboxylic acids is 1. The first kappa shape index (κ1) is 8.17. The molecule has 1 aromatic heterocycles. The number of hydrogen-bond donors (Lipinski definition) is 0. The van der Waals surface area contributed by atoms with Gasteiger partial charge >= 0.3 is 0 Å². The molecule has 1 heterocycles. The van der Waals surface area contributed by atoms with Crippen molar-refractivity contribution in [3.05, 3.63) is 36.2 Å². The highest BCUT2D eigenvalue weighted by Gasteiger charge is 2.22. The Morgan fingerprint density at radius 1 is 1.62 bits per heavy atom. The third kappa shape index (κ3) is 1.28. The van der Waals surface area contributed by atoms with Gasteiger partial charge in [0.05, 0.1) is 5.69 Å². The van der Waals surface area contributed by atoms with Crippen molar-refractivity contribution in [1.82, 2.24) is 4.98 Å². The molecule has 1 atom stereocenters. The third-order valence-electron chi connectivity index (χ3n) is 2.49. The molecule has 2 rings (SSSR count). The predicted molar refractivity (Wildman–Crippen MR) is 51.3 cm³/mol. The van der Waals surface area contributed by atoms with Crippen LogP contribution in [-0.4, -0.2) is 11.3 Å². The van der Waals surface area contributed by atoms with Crippen molar-refractivity contribution in [2.75, 3.05) is 0 Å². The summed E-state index contributed by atoms with van der Waals surface area (Å²) in [4.78, 5) is 15.0. The van der Waals surface area contributed by atoms with Crippen molar-refractivity contribution >= 4 is 11.9 Å². The van der Waals surface area contributed by atoms with E-state index in [4.69, 9.17) is 0 Å². The van der Waals surface area contributed by atoms with E-state index in [2.05, 4.69) is 11.6 Å². The molecule has 0 bridgehead atoms. The number of carbonyl (C=O) groups is 1. The number of fused-ring (bicyclic) bond motifs is 1. The van der Waals surface area contributed by atoms with Crippen LogP contribution in [0.5, 0.6) is 0 Å². The van der Waals surface area contributed by atoms with Gasteiger partial charge in [-0.2, -0.15) is 0 Å². The summed E-state index contributed by atoms with van der Waals surface area (Å²) in [5, 5.41) is 0. The molecule has 0 spiro atoms. The lowest BCUT2D eigenvalue weighted by atomic mass is 9.84. The lowest BCUT2D eigenvalue weighted by Gasteiger charge is -2.21. The number of aromatic nitrogens is 1. The van der Waals surface area contributed by atoms with Gasteiger partial charge in [-0.05, 0) is 30.0 Å². The van der Waals surface area contributed by atoms with Crippen LogP contribution < -0.4 is 0 Å². The quantitative estimate of drug-likeness (QED) is 0.609. The molecule has 0 saturated heterocycles. The minimum atomic E-state index is 0.0224. The summed E-state index contributed by atoms with van der Waals surface area (Å²) >= 11 is 0. The summed E-state index contributed by atoms with van der Waals surface area (Å²) in [7, 11) is 0. The number of pyridine rings is 1. The van der Waals surface area contributed by atoms with E-state index in [0.29, 0.717) is 0 Å². The van der Waals surface area contributed by atoms with Crippen molar-refractivity contribution < 1.29 is 4.79 Å². The summed E-state index contributed by atoms with van der Waals surface area (Å²) in [6.07, 6.45) is 4.51. The topological polar surface area (TPSA) is 30.0 Å². The second-order valence-electron chi connectivity index (χ2n) is 3.33. The van der Waals surface area contributed by atoms with Crippen LogP contribution in [0.15, 0.2) is 24.9 Å². The predicted octanol–water partition coefficient (Wildman–Crippen LogP) is 2.17. The van der Waals surface area contributed by atoms with Gasteiger partial charge in [-0.3, -0.25) is 4.98 Å². The zero-order valence-electron chi connectivity index (χ0n) is 7.36. The van der Waals surface area contributed by atoms with Gasteiger partial charge in [0.25, 0.3) is 0 Å². The van der Waals surface area contributed by atoms with E-state index < -0.39 is 0 Å². The fourth-order valence-electron chi connectivity index (χ4n) is 1.76. The van der Waals surface area contributed by atoms with Gasteiger partial charge in [-0.25, -0.2) is 0 Å². The van der Waals surface area contributed by atoms with E-state index in [1.165, 1.54) is 0 Å². The van der Waals surface area contributed by atoms with Crippen LogP contribution in [0, 0.1) is 0 Å². The molecular formula is C11H11NO. The second kappa shape index (κ2) is 3.13. The summed E-state index contributed by atoms with van der Waals surface area (Å²) in [6.45, 7) is 3.95. The molecule has 2 nitrogen and oxygen atoms in total. The van der Waals surface area contributed by atoms with Crippen molar-refractivity contribution in [3.8, 4) is 0 Å². The Bertz CT molecular complexity index is 357. The Hall–Kier alpha value is -1.44. The minimum Gasteiger partial charge on any atom is -0.303 e. The second-order valence-corrected chi connectivity index (χ2v) is 3.33. The van der Waals surface area contributed by atoms with E-state index in [9.17, 15) is 4.79 Å². The van der Waals surface area contributed by atoms with Crippen molar-refractivity contribution in [1.29, 1.82) is 0 Å². The maximum Gasteiger partial charge on any atom is 0.127 e. The first-order chi connectivity index (χ1) is 6.33. The third-order valence-corrected chi connectivity index (χ3v) is 2.49. The normalized spacial score (nSPS) is 20.9. The molecule has 1 aromatic rings. The first-order valence-corrected chi connectivity index (χ1v) is 4.41. The fourth-order valence-corrected chi connectivity index (χ4v) is 1.76. The van der Waals surface area contributed by atoms with E-state index >= 15 is 0 Å². The maximum absolute atomic E-state index is 10.8. The van der Waals surface area contributed by atoms with Crippen molar-refractivity contribution in [3.63, 3.8) is 0 Å². The average Bonchev–Trinajstić information content (AvgIpc) is 2.19. The fraction of sp³-hybridized carbons (Fsp3) is 0.273. The Balaban J connectivity index is 2.53. The minimum absolute atomic E-state index is 0.0224. The van der Waals surface area contributed by atoms with Gasteiger partial charge in [-0.1, -0.05) is 12.6 Å². The van der Waals surface area contributed by atoms with Crippen LogP contribution in [0.25, 0.3) is 5.57 Å². The molecule has 1 unspecified atom stereocenters. The van der Waals surface area contributed by atoms with E-state index in [0.717, 1.165) is 36.0 Å². The smallest absolute Gasteiger partial charge is 0.127 e. The molecule has 0 fully saturated rings. The Morgan fingerprint density at radius 2 is 2.46 bits per heavy atom. The molecule has 13 heavy (non-hydrogen) atoms. The molecule has 0 aliphatic heterocycles. The van der Waals surface area contributed by atoms with Crippen LogP contribution >= 0.6 is 0 Å². The largest absolute Gasteiger partial charge is 0.303 e. The Morgan fingerprint density at radius 3 is 3.23 bits per heavy atom. The monoisotopic (exact) mass is 173 g/mol. The Labute approximate surface area is 77.3 Å². The van der Waals surface area contributed by atoms with Gasteiger partial charge in [0.1, 0.15) is 6.29 Å². The summed E-state index contributed by atoms with van der Waals surface area (Å²) in [6, 6.07) is 3.83. The summed E-state index contributed by atoms with van der Waals surface area (Å²) in [5.41, 5.74) is 3.01. The van der Waals surface area contributed by atoms with E-state index in [1.807, 2.05) is 12.1 Å². The number of rotatable bonds is 1. The van der Waals surface area contributed by atoms with Crippen molar-refractivity contribution in [2.45, 2.75) is 18.8 Å². The zero-order valence-corrected chi connectivity index (χ0v) is 7.36. The number of hydrogen-bond acceptors (Lipinski definition) is 2. The van der Waals surface area contributed by atoms with E-state index in [-0.39, 0.29) is 5.92 Å². The first-order valence-electron chi connectivity index (χ1n) is 4.41. The number of nitrogens with zero attached hydrogens (tertiary/aromatic N) is 1. The van der Waals surface area contributed by atoms with Gasteiger partial charge in [-0.15, -0.1) is 0 Å². The highest BCUT2D eigenvalue weighted by atomic mass is 16.1. The summed E-state index contributed by atoms with van der Waals surface area (Å²) in [5.74, 6) is 0.0224. The molecule has 0 saturated carbocycles. The molecule has 66 valence electrons. The van der Waals surface area contributed by atoms with Gasteiger partial charge in [0, 0.05) is 12.1 Å². The van der Waals surface area contributed by atoms with Crippen LogP contribution in [0.1, 0.15) is 30.0 Å². The van der Waals surface area contributed by atoms with Crippen LogP contribution in [0.2, 0.25) is 0 Å². The molecule has 2 heteroatoms. The highest BCUT2D eigenvalue weighted by Crippen LogP contribution is 2.34. The maximum atomic E-state index is 10.8. The number of allylic oxidation sites excluding steroid dienone is 1. The molecule has 0 aromatic carbocycles. The molecule has 1 aliphatic rings. The lowest BCUT2D eigenvalue weighted by molar-refractivity contribution is -0.109. The molecular weight excluding hydrogens is 162 g/mol. The zero-order chi connectivity index (χ0) is 9.26. The molecule has 1 aliphatic carbocycles. The summed E-state index contributed by atoms with van der Waals surface area (Å²) < 4.78 is 0. The van der Waals surface area contributed by atoms with Gasteiger partial charge < -0.3 is 4.79 Å². The standard InChI is InChI=1S/C11H11NO/c1-8-4-5-9(7-13)10-3-2-6-12-11(8)10/h2-3,6-7,9H,1,4-5H2. The van der Waals surface area contributed by atoms with Crippen LogP contribution in [0.4, 0.5) is 0 Å². The highest BCUT2D eigenvalue weighted by molar-refractivity contribution is 5.73. The molecule has 0 radical (unpaired) electrons. The average molecular weight is 173 g/mol. The van der Waals surface area contributed by atoms with Gasteiger partial charge in [0.15, 0.2) is 0 Å². The van der Waals surface area contributed by atoms with Crippen LogP contribution in [-0.2, 0) is 4.79 Å². The molecule has 0 amide bonds. The Kier molecular flexibility index (Phi) is 1.97. The van der Waals surface area contributed by atoms with Crippen molar-refractivity contribution in [2.24, 2.45) is 0 Å². The van der Waals surface area contributed by atoms with Crippen LogP contribution in [0.3, 0.4) is 0 Å². The number of aldehydes is 1. The SMILES string of the molecule is C=C1CCC(C=O)c2cccnc21. The van der Waals surface area contributed by atoms with E-state index in [1.54, 1.807) is 6.20 Å².